The van der Waals surface area contributed by atoms with E-state index < -0.39 is 11.9 Å². The number of unbranched alkanes of at least 4 members (excludes halogenated alkanes) is 2. The minimum atomic E-state index is -0.745. The molecule has 3 aliphatic heterocycles. The number of carboxylic acid groups (broad SMARTS) is 1. The van der Waals surface area contributed by atoms with Gasteiger partial charge >= 0.3 is 5.97 Å². The van der Waals surface area contributed by atoms with Gasteiger partial charge in [0.05, 0.1) is 24.2 Å². The minimum absolute atomic E-state index is 0.00724. The Kier molecular flexibility index (Phi) is 14.2. The van der Waals surface area contributed by atoms with Crippen molar-refractivity contribution in [2.75, 3.05) is 19.8 Å². The first-order valence-corrected chi connectivity index (χ1v) is 18.6. The van der Waals surface area contributed by atoms with Crippen LogP contribution < -0.4 is 0 Å². The summed E-state index contributed by atoms with van der Waals surface area (Å²) in [6.07, 6.45) is 22.3. The van der Waals surface area contributed by atoms with Crippen LogP contribution in [0.4, 0.5) is 0 Å². The van der Waals surface area contributed by atoms with Crippen LogP contribution >= 0.6 is 0 Å². The highest BCUT2D eigenvalue weighted by molar-refractivity contribution is 5.84. The van der Waals surface area contributed by atoms with E-state index >= 15 is 0 Å². The first-order valence-electron chi connectivity index (χ1n) is 18.6. The summed E-state index contributed by atoms with van der Waals surface area (Å²) in [5, 5.41) is 9.83. The van der Waals surface area contributed by atoms with Crippen molar-refractivity contribution in [1.29, 1.82) is 0 Å². The zero-order valence-corrected chi connectivity index (χ0v) is 27.8. The highest BCUT2D eigenvalue weighted by atomic mass is 16.7. The van der Waals surface area contributed by atoms with E-state index in [1.165, 1.54) is 25.7 Å². The largest absolute Gasteiger partial charge is 0.481 e. The molecule has 5 rings (SSSR count). The molecule has 2 aliphatic carbocycles. The summed E-state index contributed by atoms with van der Waals surface area (Å²) in [4.78, 5) is 25.5. The molecule has 3 heterocycles. The van der Waals surface area contributed by atoms with Crippen LogP contribution in [0.25, 0.3) is 0 Å². The van der Waals surface area contributed by atoms with E-state index in [2.05, 4.69) is 19.1 Å². The van der Waals surface area contributed by atoms with Crippen molar-refractivity contribution in [3.63, 3.8) is 0 Å². The molecule has 3 saturated heterocycles. The lowest BCUT2D eigenvalue weighted by molar-refractivity contribution is -0.193. The summed E-state index contributed by atoms with van der Waals surface area (Å²) in [5.74, 6) is 0.236. The summed E-state index contributed by atoms with van der Waals surface area (Å²) < 4.78 is 30.9. The third-order valence-corrected chi connectivity index (χ3v) is 11.3. The van der Waals surface area contributed by atoms with Crippen molar-refractivity contribution in [1.82, 2.24) is 0 Å². The molecule has 10 atom stereocenters. The van der Waals surface area contributed by atoms with Crippen LogP contribution in [0.2, 0.25) is 0 Å². The van der Waals surface area contributed by atoms with Gasteiger partial charge in [-0.15, -0.1) is 0 Å². The zero-order valence-electron chi connectivity index (χ0n) is 27.8. The molecule has 45 heavy (non-hydrogen) atoms. The maximum absolute atomic E-state index is 13.5. The number of Topliss-reactive ketones (excluding diaryl/α,β-unsaturated/α-hetero) is 1. The SMILES string of the molecule is CCC1CCC([C@@H](C=C[C@H]2[C@H](OC3CCCCO3)CC(=O)[C@@H]2CCCCCC(C(=O)O)C2CCCCO2)OC2CCCCO2)C1. The van der Waals surface area contributed by atoms with E-state index in [4.69, 9.17) is 23.7 Å². The van der Waals surface area contributed by atoms with Gasteiger partial charge in [0.1, 0.15) is 5.78 Å². The van der Waals surface area contributed by atoms with Gasteiger partial charge in [0.25, 0.3) is 0 Å². The normalized spacial score (nSPS) is 36.0. The van der Waals surface area contributed by atoms with Crippen LogP contribution in [0.15, 0.2) is 12.2 Å². The lowest BCUT2D eigenvalue weighted by Crippen LogP contribution is -2.33. The van der Waals surface area contributed by atoms with Crippen LogP contribution in [0.3, 0.4) is 0 Å². The Morgan fingerprint density at radius 1 is 0.911 bits per heavy atom. The summed E-state index contributed by atoms with van der Waals surface area (Å²) in [7, 11) is 0. The van der Waals surface area contributed by atoms with Crippen molar-refractivity contribution < 1.29 is 38.4 Å². The monoisotopic (exact) mass is 632 g/mol. The molecular formula is C37H60O8. The smallest absolute Gasteiger partial charge is 0.309 e. The van der Waals surface area contributed by atoms with Crippen LogP contribution in [-0.4, -0.2) is 67.6 Å². The fourth-order valence-corrected chi connectivity index (χ4v) is 8.51. The molecule has 0 bridgehead atoms. The molecule has 256 valence electrons. The predicted molar refractivity (Wildman–Crippen MR) is 172 cm³/mol. The van der Waals surface area contributed by atoms with Gasteiger partial charge in [0.15, 0.2) is 12.6 Å². The molecule has 0 aromatic rings. The van der Waals surface area contributed by atoms with Crippen molar-refractivity contribution in [3.8, 4) is 0 Å². The van der Waals surface area contributed by atoms with Gasteiger partial charge in [-0.1, -0.05) is 51.2 Å². The Balaban J connectivity index is 1.22. The quantitative estimate of drug-likeness (QED) is 0.137. The summed E-state index contributed by atoms with van der Waals surface area (Å²) in [5.41, 5.74) is 0. The second-order valence-corrected chi connectivity index (χ2v) is 14.4. The van der Waals surface area contributed by atoms with Crippen LogP contribution in [-0.2, 0) is 33.3 Å². The molecule has 8 nitrogen and oxygen atoms in total. The van der Waals surface area contributed by atoms with Crippen molar-refractivity contribution in [2.24, 2.45) is 29.6 Å². The van der Waals surface area contributed by atoms with Gasteiger partial charge < -0.3 is 28.8 Å². The van der Waals surface area contributed by atoms with E-state index in [0.717, 1.165) is 103 Å². The minimum Gasteiger partial charge on any atom is -0.481 e. The van der Waals surface area contributed by atoms with Crippen molar-refractivity contribution in [2.45, 2.75) is 160 Å². The fourth-order valence-electron chi connectivity index (χ4n) is 8.51. The molecule has 0 spiro atoms. The number of ketones is 1. The van der Waals surface area contributed by atoms with E-state index in [9.17, 15) is 14.7 Å². The number of carbonyl (C=O) groups excluding carboxylic acids is 1. The highest BCUT2D eigenvalue weighted by Crippen LogP contribution is 2.40. The summed E-state index contributed by atoms with van der Waals surface area (Å²) >= 11 is 0. The Labute approximate surface area is 271 Å². The van der Waals surface area contributed by atoms with E-state index in [1.54, 1.807) is 0 Å². The molecule has 0 amide bonds. The van der Waals surface area contributed by atoms with Crippen molar-refractivity contribution in [3.05, 3.63) is 12.2 Å². The molecule has 5 aliphatic rings. The molecule has 1 N–H and O–H groups in total. The maximum Gasteiger partial charge on any atom is 0.309 e. The molecular weight excluding hydrogens is 572 g/mol. The molecule has 5 fully saturated rings. The number of carboxylic acids is 1. The van der Waals surface area contributed by atoms with Gasteiger partial charge in [-0.3, -0.25) is 9.59 Å². The van der Waals surface area contributed by atoms with E-state index in [0.29, 0.717) is 25.4 Å². The molecule has 0 radical (unpaired) electrons. The lowest BCUT2D eigenvalue weighted by atomic mass is 9.86. The summed E-state index contributed by atoms with van der Waals surface area (Å²) in [6, 6.07) is 0. The van der Waals surface area contributed by atoms with Gasteiger partial charge in [-0.25, -0.2) is 0 Å². The average Bonchev–Trinajstić information content (AvgIpc) is 3.66. The standard InChI is InChI=1S/C37H60O8/c1-2-26-17-18-27(24-26)32(44-35-15-7-10-22-42-35)20-19-29-28(31(38)25-34(29)45-36-16-8-11-23-43-36)12-4-3-5-13-30(37(39)40)33-14-6-9-21-41-33/h19-20,26-30,32-36H,2-18,21-25H2,1H3,(H,39,40)/t26?,27?,28-,29-,30?,32-,33?,34-,35?,36?/m1/s1. The van der Waals surface area contributed by atoms with E-state index in [-0.39, 0.29) is 48.5 Å². The Morgan fingerprint density at radius 3 is 2.29 bits per heavy atom. The van der Waals surface area contributed by atoms with Crippen LogP contribution in [0, 0.1) is 29.6 Å². The fraction of sp³-hybridized carbons (Fsp3) is 0.892. The zero-order chi connectivity index (χ0) is 31.4. The molecule has 0 aromatic carbocycles. The molecule has 0 aromatic heterocycles. The van der Waals surface area contributed by atoms with Gasteiger partial charge in [-0.05, 0) is 95.3 Å². The van der Waals surface area contributed by atoms with Crippen molar-refractivity contribution >= 4 is 11.8 Å². The summed E-state index contributed by atoms with van der Waals surface area (Å²) in [6.45, 7) is 4.44. The Hall–Kier alpha value is -1.32. The van der Waals surface area contributed by atoms with Crippen LogP contribution in [0.1, 0.15) is 129 Å². The highest BCUT2D eigenvalue weighted by Gasteiger charge is 2.43. The van der Waals surface area contributed by atoms with Gasteiger partial charge in [0.2, 0.25) is 0 Å². The predicted octanol–water partition coefficient (Wildman–Crippen LogP) is 7.62. The first kappa shape index (κ1) is 35.0. The second kappa shape index (κ2) is 18.3. The Morgan fingerprint density at radius 2 is 1.64 bits per heavy atom. The number of hydrogen-bond donors (Lipinski definition) is 1. The Bertz CT molecular complexity index is 919. The maximum atomic E-state index is 13.5. The average molecular weight is 633 g/mol. The number of hydrogen-bond acceptors (Lipinski definition) is 7. The number of aliphatic carboxylic acids is 1. The number of rotatable bonds is 16. The van der Waals surface area contributed by atoms with E-state index in [1.807, 2.05) is 0 Å². The first-order chi connectivity index (χ1) is 22.0. The topological polar surface area (TPSA) is 101 Å². The van der Waals surface area contributed by atoms with Gasteiger partial charge in [0, 0.05) is 38.1 Å². The third-order valence-electron chi connectivity index (χ3n) is 11.3. The molecule has 2 saturated carbocycles. The van der Waals surface area contributed by atoms with Gasteiger partial charge in [-0.2, -0.15) is 0 Å². The number of ether oxygens (including phenoxy) is 5. The second-order valence-electron chi connectivity index (χ2n) is 14.4. The third kappa shape index (κ3) is 10.3. The van der Waals surface area contributed by atoms with Crippen LogP contribution in [0.5, 0.6) is 0 Å². The lowest BCUT2D eigenvalue weighted by Gasteiger charge is -2.31. The number of carbonyl (C=O) groups is 2. The molecule has 8 heteroatoms. The molecule has 6 unspecified atom stereocenters.